The molecule has 0 amide bonds. The largest absolute Gasteiger partial charge is 0.245 e. The normalized spacial score (nSPS) is 11.4. The Bertz CT molecular complexity index is 1230. The zero-order chi connectivity index (χ0) is 16.8. The first-order valence-electron chi connectivity index (χ1n) is 7.62. The lowest BCUT2D eigenvalue weighted by Gasteiger charge is -1.99. The number of halogens is 1. The van der Waals surface area contributed by atoms with Crippen molar-refractivity contribution in [3.8, 4) is 22.1 Å². The van der Waals surface area contributed by atoms with Crippen LogP contribution < -0.4 is 0 Å². The second-order valence-corrected chi connectivity index (χ2v) is 7.40. The first-order valence-corrected chi connectivity index (χ1v) is 9.23. The van der Waals surface area contributed by atoms with Gasteiger partial charge in [-0.3, -0.25) is 0 Å². The topological polar surface area (TPSA) is 56.0 Å². The molecule has 0 N–H and O–H groups in total. The predicted octanol–water partition coefficient (Wildman–Crippen LogP) is 4.83. The van der Waals surface area contributed by atoms with Crippen molar-refractivity contribution in [3.05, 3.63) is 65.1 Å². The van der Waals surface area contributed by atoms with Crippen LogP contribution in [0, 0.1) is 0 Å². The molecule has 5 aromatic rings. The Balaban J connectivity index is 1.65. The van der Waals surface area contributed by atoms with Crippen LogP contribution in [0.25, 0.3) is 38.0 Å². The molecule has 5 rings (SSSR count). The number of nitrogens with zero attached hydrogens (tertiary/aromatic N) is 5. The smallest absolute Gasteiger partial charge is 0.235 e. The van der Waals surface area contributed by atoms with Crippen molar-refractivity contribution in [2.45, 2.75) is 0 Å². The summed E-state index contributed by atoms with van der Waals surface area (Å²) in [5.74, 6) is 0.722. The number of aromatic nitrogens is 5. The fourth-order valence-corrected chi connectivity index (χ4v) is 3.92. The van der Waals surface area contributed by atoms with E-state index in [1.807, 2.05) is 48.5 Å². The Labute approximate surface area is 155 Å². The van der Waals surface area contributed by atoms with Crippen LogP contribution in [0.5, 0.6) is 0 Å². The fourth-order valence-electron chi connectivity index (χ4n) is 2.71. The van der Waals surface area contributed by atoms with E-state index >= 15 is 0 Å². The van der Waals surface area contributed by atoms with E-state index < -0.39 is 0 Å². The van der Waals surface area contributed by atoms with Gasteiger partial charge in [-0.15, -0.1) is 10.2 Å². The Kier molecular flexibility index (Phi) is 3.36. The van der Waals surface area contributed by atoms with Crippen LogP contribution in [0.15, 0.2) is 65.1 Å². The third-order valence-corrected chi connectivity index (χ3v) is 5.31. The highest BCUT2D eigenvalue weighted by Gasteiger charge is 2.15. The van der Waals surface area contributed by atoms with Crippen LogP contribution in [0.2, 0.25) is 0 Å². The average molecular weight is 408 g/mol. The van der Waals surface area contributed by atoms with E-state index in [4.69, 9.17) is 4.98 Å². The molecule has 0 bridgehead atoms. The summed E-state index contributed by atoms with van der Waals surface area (Å²) in [7, 11) is 0. The zero-order valence-electron chi connectivity index (χ0n) is 12.8. The molecule has 0 spiro atoms. The van der Waals surface area contributed by atoms with Gasteiger partial charge in [0.2, 0.25) is 4.96 Å². The zero-order valence-corrected chi connectivity index (χ0v) is 15.2. The van der Waals surface area contributed by atoms with E-state index in [2.05, 4.69) is 43.4 Å². The molecule has 7 heteroatoms. The maximum absolute atomic E-state index is 4.72. The lowest BCUT2D eigenvalue weighted by atomic mass is 10.2. The van der Waals surface area contributed by atoms with Gasteiger partial charge in [0.15, 0.2) is 10.8 Å². The molecular formula is C18H10BrN5S. The first-order chi connectivity index (χ1) is 12.3. The minimum atomic E-state index is 0.722. The maximum atomic E-state index is 4.72. The van der Waals surface area contributed by atoms with Gasteiger partial charge in [-0.1, -0.05) is 63.7 Å². The quantitative estimate of drug-likeness (QED) is 0.420. The Morgan fingerprint density at radius 2 is 1.84 bits per heavy atom. The van der Waals surface area contributed by atoms with Gasteiger partial charge < -0.3 is 0 Å². The van der Waals surface area contributed by atoms with E-state index in [1.54, 1.807) is 4.52 Å². The molecule has 0 aliphatic rings. The van der Waals surface area contributed by atoms with Crippen LogP contribution >= 0.6 is 27.3 Å². The van der Waals surface area contributed by atoms with E-state index in [0.717, 1.165) is 42.4 Å². The molecule has 0 radical (unpaired) electrons. The monoisotopic (exact) mass is 407 g/mol. The van der Waals surface area contributed by atoms with Crippen molar-refractivity contribution in [2.75, 3.05) is 0 Å². The van der Waals surface area contributed by atoms with E-state index in [9.17, 15) is 0 Å². The van der Waals surface area contributed by atoms with Crippen LogP contribution in [-0.2, 0) is 0 Å². The maximum Gasteiger partial charge on any atom is 0.235 e. The molecule has 25 heavy (non-hydrogen) atoms. The minimum Gasteiger partial charge on any atom is -0.245 e. The average Bonchev–Trinajstić information content (AvgIpc) is 3.22. The molecule has 0 saturated heterocycles. The van der Waals surface area contributed by atoms with Crippen LogP contribution in [0.3, 0.4) is 0 Å². The molecule has 0 saturated carbocycles. The predicted molar refractivity (Wildman–Crippen MR) is 103 cm³/mol. The third kappa shape index (κ3) is 2.52. The molecule has 3 heterocycles. The van der Waals surface area contributed by atoms with Gasteiger partial charge in [0.25, 0.3) is 0 Å². The molecular weight excluding hydrogens is 398 g/mol. The molecule has 0 aliphatic heterocycles. The molecule has 0 atom stereocenters. The highest BCUT2D eigenvalue weighted by Crippen LogP contribution is 2.29. The lowest BCUT2D eigenvalue weighted by molar-refractivity contribution is 0.967. The van der Waals surface area contributed by atoms with Crippen molar-refractivity contribution in [1.29, 1.82) is 0 Å². The van der Waals surface area contributed by atoms with Gasteiger partial charge in [-0.25, -0.2) is 4.98 Å². The van der Waals surface area contributed by atoms with E-state index in [1.165, 1.54) is 11.3 Å². The van der Waals surface area contributed by atoms with Gasteiger partial charge in [-0.05, 0) is 24.3 Å². The minimum absolute atomic E-state index is 0.722. The summed E-state index contributed by atoms with van der Waals surface area (Å²) in [5, 5.41) is 15.2. The summed E-state index contributed by atoms with van der Waals surface area (Å²) >= 11 is 4.97. The second-order valence-electron chi connectivity index (χ2n) is 5.52. The molecule has 3 aromatic heterocycles. The van der Waals surface area contributed by atoms with Crippen molar-refractivity contribution in [3.63, 3.8) is 0 Å². The molecule has 120 valence electrons. The molecule has 0 fully saturated rings. The SMILES string of the molecule is Brc1cccc(-c2nnc3sc(-c4ccc5ccccc5n4)nn23)c1. The van der Waals surface area contributed by atoms with E-state index in [-0.39, 0.29) is 0 Å². The number of hydrogen-bond donors (Lipinski definition) is 0. The van der Waals surface area contributed by atoms with Gasteiger partial charge in [0.1, 0.15) is 5.69 Å². The van der Waals surface area contributed by atoms with Gasteiger partial charge >= 0.3 is 0 Å². The number of rotatable bonds is 2. The lowest BCUT2D eigenvalue weighted by Crippen LogP contribution is -1.92. The van der Waals surface area contributed by atoms with Crippen molar-refractivity contribution in [1.82, 2.24) is 24.8 Å². The number of hydrogen-bond acceptors (Lipinski definition) is 5. The fraction of sp³-hybridized carbons (Fsp3) is 0. The van der Waals surface area contributed by atoms with Crippen molar-refractivity contribution in [2.24, 2.45) is 0 Å². The van der Waals surface area contributed by atoms with Crippen LogP contribution in [0.4, 0.5) is 0 Å². The van der Waals surface area contributed by atoms with Gasteiger partial charge in [0.05, 0.1) is 5.52 Å². The van der Waals surface area contributed by atoms with Gasteiger partial charge in [-0.2, -0.15) is 9.61 Å². The highest BCUT2D eigenvalue weighted by atomic mass is 79.9. The molecule has 0 aliphatic carbocycles. The van der Waals surface area contributed by atoms with Crippen molar-refractivity contribution < 1.29 is 0 Å². The third-order valence-electron chi connectivity index (χ3n) is 3.89. The summed E-state index contributed by atoms with van der Waals surface area (Å²) in [6, 6.07) is 20.1. The number of pyridine rings is 1. The number of fused-ring (bicyclic) bond motifs is 2. The number of benzene rings is 2. The van der Waals surface area contributed by atoms with Crippen molar-refractivity contribution >= 4 is 43.1 Å². The van der Waals surface area contributed by atoms with Crippen LogP contribution in [-0.4, -0.2) is 24.8 Å². The molecule has 0 unspecified atom stereocenters. The Hall–Kier alpha value is -2.64. The Morgan fingerprint density at radius 1 is 0.920 bits per heavy atom. The van der Waals surface area contributed by atoms with Gasteiger partial charge in [0, 0.05) is 15.4 Å². The summed E-state index contributed by atoms with van der Waals surface area (Å²) in [5.41, 5.74) is 2.76. The second kappa shape index (κ2) is 5.72. The molecule has 2 aromatic carbocycles. The summed E-state index contributed by atoms with van der Waals surface area (Å²) < 4.78 is 2.77. The standard InChI is InChI=1S/C18H10BrN5S/c19-13-6-3-5-12(10-13)16-21-22-18-24(16)23-17(25-18)15-9-8-11-4-1-2-7-14(11)20-15/h1-10H. The summed E-state index contributed by atoms with van der Waals surface area (Å²) in [4.78, 5) is 5.47. The first kappa shape index (κ1) is 14.7. The molecule has 5 nitrogen and oxygen atoms in total. The highest BCUT2D eigenvalue weighted by molar-refractivity contribution is 9.10. The Morgan fingerprint density at radius 3 is 2.76 bits per heavy atom. The van der Waals surface area contributed by atoms with Crippen LogP contribution in [0.1, 0.15) is 0 Å². The summed E-state index contributed by atoms with van der Waals surface area (Å²) in [6.07, 6.45) is 0. The van der Waals surface area contributed by atoms with E-state index in [0.29, 0.717) is 0 Å². The number of para-hydroxylation sites is 1. The summed E-state index contributed by atoms with van der Waals surface area (Å²) in [6.45, 7) is 0.